The lowest BCUT2D eigenvalue weighted by atomic mass is 9.91. The molecule has 0 bridgehead atoms. The number of rotatable bonds is 5. The van der Waals surface area contributed by atoms with Gasteiger partial charge in [0.05, 0.1) is 17.7 Å². The van der Waals surface area contributed by atoms with Gasteiger partial charge < -0.3 is 14.3 Å². The lowest BCUT2D eigenvalue weighted by molar-refractivity contribution is -0.122. The standard InChI is InChI=1S/C21H21FN2O3/c22-16-7-5-15(6-8-16)20(14-3-1-2-4-14)23-19(25)13-24-11-9-18-17(21(24)26)10-12-27-18/h5-12,14,20H,1-4,13H2,(H,23,25)/t20-/m0/s1. The number of furan rings is 1. The van der Waals surface area contributed by atoms with Crippen LogP contribution in [-0.4, -0.2) is 10.5 Å². The lowest BCUT2D eigenvalue weighted by Crippen LogP contribution is -2.37. The van der Waals surface area contributed by atoms with E-state index in [0.717, 1.165) is 31.2 Å². The van der Waals surface area contributed by atoms with Gasteiger partial charge in [-0.2, -0.15) is 0 Å². The molecule has 1 saturated carbocycles. The molecule has 1 aliphatic carbocycles. The summed E-state index contributed by atoms with van der Waals surface area (Å²) in [6.45, 7) is -0.0651. The fourth-order valence-corrected chi connectivity index (χ4v) is 3.94. The quantitative estimate of drug-likeness (QED) is 0.745. The highest BCUT2D eigenvalue weighted by atomic mass is 19.1. The van der Waals surface area contributed by atoms with E-state index in [1.54, 1.807) is 30.5 Å². The van der Waals surface area contributed by atoms with Crippen LogP contribution in [-0.2, 0) is 11.3 Å². The maximum absolute atomic E-state index is 13.3. The van der Waals surface area contributed by atoms with E-state index in [-0.39, 0.29) is 29.9 Å². The van der Waals surface area contributed by atoms with Crippen LogP contribution in [0.15, 0.2) is 58.1 Å². The van der Waals surface area contributed by atoms with E-state index < -0.39 is 0 Å². The second kappa shape index (κ2) is 7.39. The Hall–Kier alpha value is -2.89. The molecule has 0 spiro atoms. The summed E-state index contributed by atoms with van der Waals surface area (Å²) < 4.78 is 19.9. The van der Waals surface area contributed by atoms with E-state index in [9.17, 15) is 14.0 Å². The van der Waals surface area contributed by atoms with Crippen molar-refractivity contribution in [3.05, 3.63) is 70.6 Å². The summed E-state index contributed by atoms with van der Waals surface area (Å²) in [7, 11) is 0. The van der Waals surface area contributed by atoms with Crippen molar-refractivity contribution in [2.75, 3.05) is 0 Å². The van der Waals surface area contributed by atoms with Gasteiger partial charge in [-0.05, 0) is 48.6 Å². The van der Waals surface area contributed by atoms with E-state index in [0.29, 0.717) is 16.9 Å². The minimum Gasteiger partial charge on any atom is -0.464 e. The molecule has 140 valence electrons. The molecule has 27 heavy (non-hydrogen) atoms. The van der Waals surface area contributed by atoms with Crippen LogP contribution in [0.4, 0.5) is 4.39 Å². The molecule has 0 saturated heterocycles. The largest absolute Gasteiger partial charge is 0.464 e. The predicted molar refractivity (Wildman–Crippen MR) is 99.7 cm³/mol. The van der Waals surface area contributed by atoms with E-state index in [4.69, 9.17) is 4.42 Å². The molecule has 1 atom stereocenters. The number of carbonyl (C=O) groups excluding carboxylic acids is 1. The summed E-state index contributed by atoms with van der Waals surface area (Å²) in [6.07, 6.45) is 7.35. The summed E-state index contributed by atoms with van der Waals surface area (Å²) >= 11 is 0. The number of carbonyl (C=O) groups is 1. The molecule has 1 N–H and O–H groups in total. The summed E-state index contributed by atoms with van der Waals surface area (Å²) in [5.41, 5.74) is 1.15. The molecule has 1 fully saturated rings. The van der Waals surface area contributed by atoms with E-state index in [1.807, 2.05) is 0 Å². The normalized spacial score (nSPS) is 15.9. The van der Waals surface area contributed by atoms with E-state index >= 15 is 0 Å². The van der Waals surface area contributed by atoms with Crippen molar-refractivity contribution in [1.82, 2.24) is 9.88 Å². The van der Waals surface area contributed by atoms with Gasteiger partial charge in [0.15, 0.2) is 0 Å². The average Bonchev–Trinajstić information content (AvgIpc) is 3.35. The van der Waals surface area contributed by atoms with Gasteiger partial charge in [0.1, 0.15) is 17.9 Å². The first kappa shape index (κ1) is 17.5. The number of benzene rings is 1. The maximum atomic E-state index is 13.3. The number of fused-ring (bicyclic) bond motifs is 1. The van der Waals surface area contributed by atoms with Crippen molar-refractivity contribution in [2.24, 2.45) is 5.92 Å². The minimum atomic E-state index is -0.296. The molecule has 0 radical (unpaired) electrons. The van der Waals surface area contributed by atoms with Crippen molar-refractivity contribution in [3.8, 4) is 0 Å². The monoisotopic (exact) mass is 368 g/mol. The zero-order valence-corrected chi connectivity index (χ0v) is 14.9. The van der Waals surface area contributed by atoms with Crippen LogP contribution in [0.3, 0.4) is 0 Å². The van der Waals surface area contributed by atoms with Crippen LogP contribution in [0.5, 0.6) is 0 Å². The molecule has 5 nitrogen and oxygen atoms in total. The number of hydrogen-bond donors (Lipinski definition) is 1. The fourth-order valence-electron chi connectivity index (χ4n) is 3.94. The van der Waals surface area contributed by atoms with Gasteiger partial charge in [-0.15, -0.1) is 0 Å². The van der Waals surface area contributed by atoms with Crippen molar-refractivity contribution in [3.63, 3.8) is 0 Å². The molecule has 1 aromatic carbocycles. The number of nitrogens with zero attached hydrogens (tertiary/aromatic N) is 1. The van der Waals surface area contributed by atoms with Gasteiger partial charge in [-0.25, -0.2) is 4.39 Å². The van der Waals surface area contributed by atoms with Crippen LogP contribution >= 0.6 is 0 Å². The summed E-state index contributed by atoms with van der Waals surface area (Å²) in [5.74, 6) is -0.205. The minimum absolute atomic E-state index is 0.0651. The molecule has 4 rings (SSSR count). The number of hydrogen-bond acceptors (Lipinski definition) is 3. The maximum Gasteiger partial charge on any atom is 0.262 e. The third-order valence-electron chi connectivity index (χ3n) is 5.32. The first-order valence-electron chi connectivity index (χ1n) is 9.23. The Kier molecular flexibility index (Phi) is 4.79. The molecule has 6 heteroatoms. The average molecular weight is 368 g/mol. The van der Waals surface area contributed by atoms with Crippen molar-refractivity contribution >= 4 is 16.9 Å². The Bertz CT molecular complexity index is 1000. The molecule has 0 aliphatic heterocycles. The number of pyridine rings is 1. The molecule has 1 amide bonds. The van der Waals surface area contributed by atoms with Gasteiger partial charge in [-0.3, -0.25) is 9.59 Å². The molecule has 3 aromatic rings. The molecule has 2 heterocycles. The van der Waals surface area contributed by atoms with Crippen LogP contribution in [0.2, 0.25) is 0 Å². The SMILES string of the molecule is O=C(Cn1ccc2occc2c1=O)N[C@H](c1ccc(F)cc1)C1CCCC1. The summed E-state index contributed by atoms with van der Waals surface area (Å²) in [5, 5.41) is 3.52. The topological polar surface area (TPSA) is 64.2 Å². The highest BCUT2D eigenvalue weighted by Crippen LogP contribution is 2.35. The zero-order chi connectivity index (χ0) is 18.8. The Morgan fingerprint density at radius 3 is 2.67 bits per heavy atom. The number of amides is 1. The van der Waals surface area contributed by atoms with Crippen LogP contribution in [0.25, 0.3) is 11.0 Å². The highest BCUT2D eigenvalue weighted by molar-refractivity contribution is 5.78. The van der Waals surface area contributed by atoms with Gasteiger partial charge in [-0.1, -0.05) is 25.0 Å². The second-order valence-corrected chi connectivity index (χ2v) is 7.09. The first-order valence-corrected chi connectivity index (χ1v) is 9.23. The van der Waals surface area contributed by atoms with Crippen LogP contribution < -0.4 is 10.9 Å². The van der Waals surface area contributed by atoms with Crippen molar-refractivity contribution in [2.45, 2.75) is 38.3 Å². The second-order valence-electron chi connectivity index (χ2n) is 7.09. The van der Waals surface area contributed by atoms with E-state index in [1.165, 1.54) is 23.0 Å². The summed E-state index contributed by atoms with van der Waals surface area (Å²) in [4.78, 5) is 25.1. The molecular formula is C21H21FN2O3. The number of aromatic nitrogens is 1. The smallest absolute Gasteiger partial charge is 0.262 e. The van der Waals surface area contributed by atoms with Crippen molar-refractivity contribution < 1.29 is 13.6 Å². The summed E-state index contributed by atoms with van der Waals surface area (Å²) in [6, 6.07) is 9.39. The third-order valence-corrected chi connectivity index (χ3v) is 5.32. The van der Waals surface area contributed by atoms with E-state index in [2.05, 4.69) is 5.32 Å². The highest BCUT2D eigenvalue weighted by Gasteiger charge is 2.28. The Morgan fingerprint density at radius 1 is 1.19 bits per heavy atom. The Morgan fingerprint density at radius 2 is 1.93 bits per heavy atom. The molecule has 2 aromatic heterocycles. The number of nitrogens with one attached hydrogen (secondary N) is 1. The van der Waals surface area contributed by atoms with Gasteiger partial charge in [0.2, 0.25) is 5.91 Å². The zero-order valence-electron chi connectivity index (χ0n) is 14.9. The lowest BCUT2D eigenvalue weighted by Gasteiger charge is -2.25. The first-order chi connectivity index (χ1) is 13.1. The van der Waals surface area contributed by atoms with Crippen LogP contribution in [0.1, 0.15) is 37.3 Å². The molecule has 0 unspecified atom stereocenters. The Labute approximate surface area is 155 Å². The van der Waals surface area contributed by atoms with Crippen LogP contribution in [0, 0.1) is 11.7 Å². The number of halogens is 1. The fraction of sp³-hybridized carbons (Fsp3) is 0.333. The molecular weight excluding hydrogens is 347 g/mol. The Balaban J connectivity index is 1.54. The van der Waals surface area contributed by atoms with Gasteiger partial charge in [0.25, 0.3) is 5.56 Å². The van der Waals surface area contributed by atoms with Gasteiger partial charge >= 0.3 is 0 Å². The predicted octanol–water partition coefficient (Wildman–Crippen LogP) is 3.78. The molecule has 1 aliphatic rings. The van der Waals surface area contributed by atoms with Gasteiger partial charge in [0, 0.05) is 6.20 Å². The van der Waals surface area contributed by atoms with Crippen molar-refractivity contribution in [1.29, 1.82) is 0 Å². The third kappa shape index (κ3) is 3.65.